The number of hydrogen-bond donors (Lipinski definition) is 2. The summed E-state index contributed by atoms with van der Waals surface area (Å²) < 4.78 is 6.97. The van der Waals surface area contributed by atoms with Gasteiger partial charge in [-0.15, -0.1) is 5.10 Å². The SMILES string of the molecule is Cc1noc(C)c1CCNC(=O)c1ccc(-c2cccc3nc(Nc4ccccc4)nn23)cc1. The van der Waals surface area contributed by atoms with E-state index in [-0.39, 0.29) is 5.91 Å². The second kappa shape index (κ2) is 9.19. The van der Waals surface area contributed by atoms with Crippen LogP contribution in [0.4, 0.5) is 11.6 Å². The zero-order valence-corrected chi connectivity index (χ0v) is 18.9. The fourth-order valence-corrected chi connectivity index (χ4v) is 3.88. The van der Waals surface area contributed by atoms with Gasteiger partial charge in [-0.2, -0.15) is 4.98 Å². The number of nitrogens with zero attached hydrogens (tertiary/aromatic N) is 4. The van der Waals surface area contributed by atoms with E-state index in [0.717, 1.165) is 39.6 Å². The number of rotatable bonds is 7. The average Bonchev–Trinajstić information content (AvgIpc) is 3.42. The van der Waals surface area contributed by atoms with Crippen molar-refractivity contribution in [1.82, 2.24) is 25.1 Å². The Morgan fingerprint density at radius 2 is 1.76 bits per heavy atom. The Hall–Kier alpha value is -4.46. The van der Waals surface area contributed by atoms with Gasteiger partial charge in [-0.1, -0.05) is 41.6 Å². The monoisotopic (exact) mass is 452 g/mol. The number of anilines is 2. The van der Waals surface area contributed by atoms with Crippen LogP contribution in [0.25, 0.3) is 16.9 Å². The first-order chi connectivity index (χ1) is 16.6. The lowest BCUT2D eigenvalue weighted by Gasteiger charge is -2.07. The molecule has 0 saturated heterocycles. The molecule has 0 bridgehead atoms. The van der Waals surface area contributed by atoms with Crippen LogP contribution in [0.15, 0.2) is 77.3 Å². The van der Waals surface area contributed by atoms with Crippen LogP contribution >= 0.6 is 0 Å². The molecule has 5 rings (SSSR count). The molecule has 5 aromatic rings. The van der Waals surface area contributed by atoms with Crippen LogP contribution < -0.4 is 10.6 Å². The first-order valence-corrected chi connectivity index (χ1v) is 11.1. The number of nitrogens with one attached hydrogen (secondary N) is 2. The topological polar surface area (TPSA) is 97.4 Å². The van der Waals surface area contributed by atoms with E-state index in [0.29, 0.717) is 24.5 Å². The normalized spacial score (nSPS) is 11.0. The van der Waals surface area contributed by atoms with Gasteiger partial charge in [-0.25, -0.2) is 4.52 Å². The number of pyridine rings is 1. The zero-order valence-electron chi connectivity index (χ0n) is 18.9. The molecule has 2 aromatic carbocycles. The van der Waals surface area contributed by atoms with Gasteiger partial charge < -0.3 is 15.2 Å². The average molecular weight is 453 g/mol. The summed E-state index contributed by atoms with van der Waals surface area (Å²) in [5, 5.41) is 14.8. The standard InChI is InChI=1S/C26H24N6O2/c1-17-22(18(2)34-31-17)15-16-27-25(33)20-13-11-19(12-14-20)23-9-6-10-24-29-26(30-32(23)24)28-21-7-4-3-5-8-21/h3-14H,15-16H2,1-2H3,(H,27,33)(H,28,30). The van der Waals surface area contributed by atoms with Gasteiger partial charge in [0.1, 0.15) is 5.76 Å². The van der Waals surface area contributed by atoms with Crippen LogP contribution in [0, 0.1) is 13.8 Å². The maximum absolute atomic E-state index is 12.6. The molecule has 2 N–H and O–H groups in total. The first kappa shape index (κ1) is 21.4. The van der Waals surface area contributed by atoms with Crippen molar-refractivity contribution < 1.29 is 9.32 Å². The maximum Gasteiger partial charge on any atom is 0.251 e. The van der Waals surface area contributed by atoms with Crippen molar-refractivity contribution in [3.8, 4) is 11.3 Å². The highest BCUT2D eigenvalue weighted by Crippen LogP contribution is 2.22. The van der Waals surface area contributed by atoms with E-state index < -0.39 is 0 Å². The number of carbonyl (C=O) groups is 1. The van der Waals surface area contributed by atoms with Crippen LogP contribution in [0.1, 0.15) is 27.4 Å². The molecule has 0 fully saturated rings. The smallest absolute Gasteiger partial charge is 0.251 e. The highest BCUT2D eigenvalue weighted by atomic mass is 16.5. The van der Waals surface area contributed by atoms with E-state index in [9.17, 15) is 4.79 Å². The number of amides is 1. The lowest BCUT2D eigenvalue weighted by molar-refractivity contribution is 0.0954. The van der Waals surface area contributed by atoms with Crippen LogP contribution in [-0.2, 0) is 6.42 Å². The van der Waals surface area contributed by atoms with Crippen molar-refractivity contribution in [1.29, 1.82) is 0 Å². The minimum Gasteiger partial charge on any atom is -0.361 e. The van der Waals surface area contributed by atoms with Crippen LogP contribution in [-0.4, -0.2) is 32.2 Å². The predicted molar refractivity (Wildman–Crippen MR) is 130 cm³/mol. The highest BCUT2D eigenvalue weighted by Gasteiger charge is 2.12. The van der Waals surface area contributed by atoms with Crippen molar-refractivity contribution in [2.45, 2.75) is 20.3 Å². The summed E-state index contributed by atoms with van der Waals surface area (Å²) >= 11 is 0. The van der Waals surface area contributed by atoms with Gasteiger partial charge in [0, 0.05) is 28.9 Å². The minimum absolute atomic E-state index is 0.119. The maximum atomic E-state index is 12.6. The van der Waals surface area contributed by atoms with Crippen molar-refractivity contribution in [2.75, 3.05) is 11.9 Å². The zero-order chi connectivity index (χ0) is 23.5. The highest BCUT2D eigenvalue weighted by molar-refractivity contribution is 5.94. The van der Waals surface area contributed by atoms with Gasteiger partial charge in [0.2, 0.25) is 5.95 Å². The Bertz CT molecular complexity index is 1420. The third-order valence-electron chi connectivity index (χ3n) is 5.67. The van der Waals surface area contributed by atoms with E-state index in [2.05, 4.69) is 25.9 Å². The molecular weight excluding hydrogens is 428 g/mol. The summed E-state index contributed by atoms with van der Waals surface area (Å²) in [6.45, 7) is 4.30. The van der Waals surface area contributed by atoms with Crippen molar-refractivity contribution >= 4 is 23.2 Å². The van der Waals surface area contributed by atoms with Crippen molar-refractivity contribution in [3.05, 3.63) is 95.4 Å². The van der Waals surface area contributed by atoms with Gasteiger partial charge in [0.05, 0.1) is 11.4 Å². The second-order valence-corrected chi connectivity index (χ2v) is 7.99. The molecule has 3 heterocycles. The van der Waals surface area contributed by atoms with Gasteiger partial charge in [0.25, 0.3) is 5.91 Å². The molecule has 8 nitrogen and oxygen atoms in total. The Morgan fingerprint density at radius 1 is 0.971 bits per heavy atom. The molecule has 170 valence electrons. The minimum atomic E-state index is -0.119. The molecule has 34 heavy (non-hydrogen) atoms. The Labute approximate surface area is 196 Å². The number of hydrogen-bond acceptors (Lipinski definition) is 6. The van der Waals surface area contributed by atoms with Crippen LogP contribution in [0.2, 0.25) is 0 Å². The molecule has 8 heteroatoms. The molecule has 0 aliphatic carbocycles. The lowest BCUT2D eigenvalue weighted by atomic mass is 10.1. The number of fused-ring (bicyclic) bond motifs is 1. The molecule has 0 aliphatic heterocycles. The van der Waals surface area contributed by atoms with Gasteiger partial charge in [-0.3, -0.25) is 4.79 Å². The fourth-order valence-electron chi connectivity index (χ4n) is 3.88. The molecule has 0 atom stereocenters. The van der Waals surface area contributed by atoms with E-state index >= 15 is 0 Å². The number of aromatic nitrogens is 4. The number of aryl methyl sites for hydroxylation is 2. The van der Waals surface area contributed by atoms with Crippen LogP contribution in [0.3, 0.4) is 0 Å². The van der Waals surface area contributed by atoms with E-state index in [1.165, 1.54) is 0 Å². The second-order valence-electron chi connectivity index (χ2n) is 7.99. The van der Waals surface area contributed by atoms with Crippen molar-refractivity contribution in [3.63, 3.8) is 0 Å². The predicted octanol–water partition coefficient (Wildman–Crippen LogP) is 4.72. The molecule has 0 saturated carbocycles. The van der Waals surface area contributed by atoms with Gasteiger partial charge >= 0.3 is 0 Å². The van der Waals surface area contributed by atoms with E-state index in [1.54, 1.807) is 4.52 Å². The van der Waals surface area contributed by atoms with Gasteiger partial charge in [-0.05, 0) is 56.7 Å². The summed E-state index contributed by atoms with van der Waals surface area (Å²) in [5.41, 5.74) is 5.98. The Kier molecular flexibility index (Phi) is 5.78. The lowest BCUT2D eigenvalue weighted by Crippen LogP contribution is -2.25. The Morgan fingerprint density at radius 3 is 2.50 bits per heavy atom. The largest absolute Gasteiger partial charge is 0.361 e. The molecule has 3 aromatic heterocycles. The first-order valence-electron chi connectivity index (χ1n) is 11.1. The summed E-state index contributed by atoms with van der Waals surface area (Å²) in [6, 6.07) is 23.1. The van der Waals surface area contributed by atoms with E-state index in [4.69, 9.17) is 4.52 Å². The molecule has 0 spiro atoms. The number of carbonyl (C=O) groups excluding carboxylic acids is 1. The summed E-state index contributed by atoms with van der Waals surface area (Å²) in [7, 11) is 0. The Balaban J connectivity index is 1.30. The van der Waals surface area contributed by atoms with Gasteiger partial charge in [0.15, 0.2) is 5.65 Å². The molecular formula is C26H24N6O2. The third kappa shape index (κ3) is 4.38. The summed E-state index contributed by atoms with van der Waals surface area (Å²) in [6.07, 6.45) is 0.679. The summed E-state index contributed by atoms with van der Waals surface area (Å²) in [4.78, 5) is 17.2. The molecule has 1 amide bonds. The molecule has 0 unspecified atom stereocenters. The number of para-hydroxylation sites is 1. The summed E-state index contributed by atoms with van der Waals surface area (Å²) in [5.74, 6) is 1.19. The van der Waals surface area contributed by atoms with E-state index in [1.807, 2.05) is 86.6 Å². The quantitative estimate of drug-likeness (QED) is 0.371. The van der Waals surface area contributed by atoms with Crippen molar-refractivity contribution in [2.24, 2.45) is 0 Å². The third-order valence-corrected chi connectivity index (χ3v) is 5.67. The fraction of sp³-hybridized carbons (Fsp3) is 0.154. The van der Waals surface area contributed by atoms with Crippen LogP contribution in [0.5, 0.6) is 0 Å². The molecule has 0 aliphatic rings. The molecule has 0 radical (unpaired) electrons. The number of benzene rings is 2.